The van der Waals surface area contributed by atoms with Crippen LogP contribution in [-0.4, -0.2) is 19.0 Å². The van der Waals surface area contributed by atoms with Crippen LogP contribution in [0.4, 0.5) is 9.18 Å². The molecule has 11 heavy (non-hydrogen) atoms. The van der Waals surface area contributed by atoms with E-state index in [9.17, 15) is 14.0 Å². The lowest BCUT2D eigenvalue weighted by Crippen LogP contribution is -2.37. The zero-order valence-corrected chi connectivity index (χ0v) is 6.27. The molecule has 4 nitrogen and oxygen atoms in total. The first-order valence-electron chi connectivity index (χ1n) is 2.96. The molecule has 0 saturated heterocycles. The van der Waals surface area contributed by atoms with Crippen molar-refractivity contribution in [1.82, 2.24) is 10.6 Å². The van der Waals surface area contributed by atoms with Crippen LogP contribution in [0, 0.1) is 0 Å². The molecule has 3 amide bonds. The van der Waals surface area contributed by atoms with E-state index in [4.69, 9.17) is 0 Å². The van der Waals surface area contributed by atoms with Gasteiger partial charge in [0.1, 0.15) is 0 Å². The van der Waals surface area contributed by atoms with Crippen LogP contribution in [0.2, 0.25) is 0 Å². The molecular formula is C6H9FN2O2. The standard InChI is InChI=1S/C6H9FN2O2/c1-3-4(7)5(10)9-6(11)8-2/h3H,1-2H3,(H2,8,9,10,11)/b4-3+. The maximum atomic E-state index is 12.3. The second-order valence-corrected chi connectivity index (χ2v) is 1.67. The summed E-state index contributed by atoms with van der Waals surface area (Å²) in [7, 11) is 1.33. The topological polar surface area (TPSA) is 58.2 Å². The third kappa shape index (κ3) is 3.34. The lowest BCUT2D eigenvalue weighted by Gasteiger charge is -1.99. The number of nitrogens with one attached hydrogen (secondary N) is 2. The lowest BCUT2D eigenvalue weighted by atomic mass is 10.4. The van der Waals surface area contributed by atoms with Crippen molar-refractivity contribution in [1.29, 1.82) is 0 Å². The fraction of sp³-hybridized carbons (Fsp3) is 0.333. The third-order valence-corrected chi connectivity index (χ3v) is 0.924. The summed E-state index contributed by atoms with van der Waals surface area (Å²) in [5.41, 5.74) is 0. The van der Waals surface area contributed by atoms with E-state index in [2.05, 4.69) is 5.32 Å². The van der Waals surface area contributed by atoms with E-state index in [1.165, 1.54) is 14.0 Å². The van der Waals surface area contributed by atoms with Gasteiger partial charge in [0.15, 0.2) is 5.83 Å². The Labute approximate surface area is 63.5 Å². The molecule has 0 aliphatic rings. The van der Waals surface area contributed by atoms with Crippen LogP contribution in [0.25, 0.3) is 0 Å². The highest BCUT2D eigenvalue weighted by Crippen LogP contribution is 1.93. The molecule has 0 heterocycles. The van der Waals surface area contributed by atoms with Crippen molar-refractivity contribution in [3.63, 3.8) is 0 Å². The first kappa shape index (κ1) is 9.61. The van der Waals surface area contributed by atoms with Crippen LogP contribution >= 0.6 is 0 Å². The smallest absolute Gasteiger partial charge is 0.321 e. The molecule has 0 aliphatic heterocycles. The van der Waals surface area contributed by atoms with E-state index < -0.39 is 17.8 Å². The number of urea groups is 1. The molecule has 5 heteroatoms. The van der Waals surface area contributed by atoms with Gasteiger partial charge in [-0.05, 0) is 13.0 Å². The molecule has 62 valence electrons. The minimum atomic E-state index is -1.04. The number of imide groups is 1. The molecule has 0 aromatic rings. The van der Waals surface area contributed by atoms with Gasteiger partial charge in [0.2, 0.25) is 0 Å². The van der Waals surface area contributed by atoms with Crippen molar-refractivity contribution < 1.29 is 14.0 Å². The molecule has 0 atom stereocenters. The highest BCUT2D eigenvalue weighted by atomic mass is 19.1. The van der Waals surface area contributed by atoms with Gasteiger partial charge in [0, 0.05) is 7.05 Å². The van der Waals surface area contributed by atoms with Crippen molar-refractivity contribution >= 4 is 11.9 Å². The van der Waals surface area contributed by atoms with Crippen molar-refractivity contribution in [2.75, 3.05) is 7.05 Å². The Morgan fingerprint density at radius 1 is 1.45 bits per heavy atom. The molecular weight excluding hydrogens is 151 g/mol. The number of halogens is 1. The fourth-order valence-electron chi connectivity index (χ4n) is 0.356. The average molecular weight is 160 g/mol. The Bertz CT molecular complexity index is 201. The van der Waals surface area contributed by atoms with Gasteiger partial charge in [-0.15, -0.1) is 0 Å². The Balaban J connectivity index is 3.98. The van der Waals surface area contributed by atoms with Crippen LogP contribution in [0.1, 0.15) is 6.92 Å². The molecule has 0 fully saturated rings. The van der Waals surface area contributed by atoms with Crippen LogP contribution in [-0.2, 0) is 4.79 Å². The Morgan fingerprint density at radius 3 is 2.36 bits per heavy atom. The van der Waals surface area contributed by atoms with Crippen LogP contribution in [0.15, 0.2) is 11.9 Å². The fourth-order valence-corrected chi connectivity index (χ4v) is 0.356. The Hall–Kier alpha value is -1.39. The van der Waals surface area contributed by atoms with Crippen LogP contribution in [0.5, 0.6) is 0 Å². The van der Waals surface area contributed by atoms with E-state index in [1.54, 1.807) is 5.32 Å². The normalized spacial score (nSPS) is 10.6. The second-order valence-electron chi connectivity index (χ2n) is 1.67. The van der Waals surface area contributed by atoms with E-state index in [1.807, 2.05) is 0 Å². The first-order valence-corrected chi connectivity index (χ1v) is 2.96. The van der Waals surface area contributed by atoms with E-state index >= 15 is 0 Å². The minimum absolute atomic E-state index is 0.730. The monoisotopic (exact) mass is 160 g/mol. The summed E-state index contributed by atoms with van der Waals surface area (Å²) >= 11 is 0. The number of allylic oxidation sites excluding steroid dienone is 1. The van der Waals surface area contributed by atoms with Crippen LogP contribution < -0.4 is 10.6 Å². The number of hydrogen-bond donors (Lipinski definition) is 2. The summed E-state index contributed by atoms with van der Waals surface area (Å²) in [5.74, 6) is -2.01. The quantitative estimate of drug-likeness (QED) is 0.542. The van der Waals surface area contributed by atoms with Gasteiger partial charge in [-0.3, -0.25) is 10.1 Å². The molecule has 0 aromatic heterocycles. The summed E-state index contributed by atoms with van der Waals surface area (Å²) in [6.07, 6.45) is 0.971. The van der Waals surface area contributed by atoms with Crippen molar-refractivity contribution in [2.45, 2.75) is 6.92 Å². The van der Waals surface area contributed by atoms with Gasteiger partial charge in [-0.2, -0.15) is 0 Å². The number of carbonyl (C=O) groups excluding carboxylic acids is 2. The van der Waals surface area contributed by atoms with Crippen molar-refractivity contribution in [3.05, 3.63) is 11.9 Å². The Kier molecular flexibility index (Phi) is 3.87. The van der Waals surface area contributed by atoms with Gasteiger partial charge < -0.3 is 5.32 Å². The van der Waals surface area contributed by atoms with E-state index in [-0.39, 0.29) is 0 Å². The molecule has 0 radical (unpaired) electrons. The van der Waals surface area contributed by atoms with Gasteiger partial charge in [-0.25, -0.2) is 9.18 Å². The first-order chi connectivity index (χ1) is 5.11. The molecule has 0 spiro atoms. The Morgan fingerprint density at radius 2 is 2.00 bits per heavy atom. The minimum Gasteiger partial charge on any atom is -0.341 e. The maximum absolute atomic E-state index is 12.3. The SMILES string of the molecule is C/C=C(/F)C(=O)NC(=O)NC. The summed E-state index contributed by atoms with van der Waals surface area (Å²) in [6, 6.07) is -0.730. The van der Waals surface area contributed by atoms with Crippen molar-refractivity contribution in [2.24, 2.45) is 0 Å². The number of rotatable bonds is 1. The molecule has 0 aromatic carbocycles. The van der Waals surface area contributed by atoms with Gasteiger partial charge >= 0.3 is 6.03 Å². The highest BCUT2D eigenvalue weighted by molar-refractivity contribution is 6.02. The van der Waals surface area contributed by atoms with Crippen LogP contribution in [0.3, 0.4) is 0 Å². The van der Waals surface area contributed by atoms with Crippen molar-refractivity contribution in [3.8, 4) is 0 Å². The van der Waals surface area contributed by atoms with Gasteiger partial charge in [0.25, 0.3) is 5.91 Å². The highest BCUT2D eigenvalue weighted by Gasteiger charge is 2.09. The molecule has 0 saturated carbocycles. The molecule has 0 bridgehead atoms. The lowest BCUT2D eigenvalue weighted by molar-refractivity contribution is -0.117. The molecule has 2 N–H and O–H groups in total. The predicted molar refractivity (Wildman–Crippen MR) is 37.5 cm³/mol. The van der Waals surface area contributed by atoms with Gasteiger partial charge in [-0.1, -0.05) is 0 Å². The summed E-state index contributed by atoms with van der Waals surface area (Å²) in [4.78, 5) is 20.9. The maximum Gasteiger partial charge on any atom is 0.321 e. The summed E-state index contributed by atoms with van der Waals surface area (Å²) < 4.78 is 12.3. The largest absolute Gasteiger partial charge is 0.341 e. The van der Waals surface area contributed by atoms with E-state index in [0.29, 0.717) is 0 Å². The average Bonchev–Trinajstić information content (AvgIpc) is 2.02. The summed E-state index contributed by atoms with van der Waals surface area (Å²) in [6.45, 7) is 1.36. The molecule has 0 aliphatic carbocycles. The van der Waals surface area contributed by atoms with E-state index in [0.717, 1.165) is 6.08 Å². The predicted octanol–water partition coefficient (Wildman–Crippen LogP) is 0.315. The number of hydrogen-bond acceptors (Lipinski definition) is 2. The third-order valence-electron chi connectivity index (χ3n) is 0.924. The molecule has 0 rings (SSSR count). The number of carbonyl (C=O) groups is 2. The second kappa shape index (κ2) is 4.43. The number of amides is 3. The zero-order chi connectivity index (χ0) is 8.85. The molecule has 0 unspecified atom stereocenters. The zero-order valence-electron chi connectivity index (χ0n) is 6.27. The summed E-state index contributed by atoms with van der Waals surface area (Å²) in [5, 5.41) is 3.86. The van der Waals surface area contributed by atoms with Gasteiger partial charge in [0.05, 0.1) is 0 Å².